The van der Waals surface area contributed by atoms with Crippen molar-refractivity contribution in [3.8, 4) is 5.75 Å². The molecule has 1 saturated heterocycles. The van der Waals surface area contributed by atoms with E-state index >= 15 is 0 Å². The number of carbonyl (C=O) groups excluding carboxylic acids is 1. The first kappa shape index (κ1) is 19.9. The van der Waals surface area contributed by atoms with Crippen molar-refractivity contribution < 1.29 is 19.4 Å². The minimum absolute atomic E-state index is 0.0654. The van der Waals surface area contributed by atoms with Gasteiger partial charge in [0.2, 0.25) is 0 Å². The van der Waals surface area contributed by atoms with E-state index in [0.717, 1.165) is 31.6 Å². The molecule has 0 spiro atoms. The van der Waals surface area contributed by atoms with E-state index < -0.39 is 5.60 Å². The number of hydrogen-bond donors (Lipinski definition) is 1. The Kier molecular flexibility index (Phi) is 6.25. The van der Waals surface area contributed by atoms with Gasteiger partial charge in [-0.2, -0.15) is 0 Å². The lowest BCUT2D eigenvalue weighted by atomic mass is 10.1. The van der Waals surface area contributed by atoms with Crippen LogP contribution < -0.4 is 4.74 Å². The standard InChI is InChI=1S/C21H32N2O4/c1-21(2,3)27-20(25)23-8-7-17(23)14-26-18-10-16(12-22-13-18)19-11-15(19)6-4-5-9-24/h10,12-13,15,17,19,24H,4-9,11,14H2,1-3H3. The number of likely N-dealkylation sites (tertiary alicyclic amines) is 1. The lowest BCUT2D eigenvalue weighted by Gasteiger charge is -2.40. The second-order valence-electron chi connectivity index (χ2n) is 8.70. The quantitative estimate of drug-likeness (QED) is 0.700. The fourth-order valence-electron chi connectivity index (χ4n) is 3.58. The van der Waals surface area contributed by atoms with E-state index in [4.69, 9.17) is 14.6 Å². The maximum Gasteiger partial charge on any atom is 0.410 e. The van der Waals surface area contributed by atoms with Gasteiger partial charge in [0.05, 0.1) is 12.2 Å². The number of pyridine rings is 1. The Balaban J connectivity index is 1.46. The molecule has 1 amide bonds. The summed E-state index contributed by atoms with van der Waals surface area (Å²) in [4.78, 5) is 18.2. The van der Waals surface area contributed by atoms with Gasteiger partial charge in [0.1, 0.15) is 18.0 Å². The molecular formula is C21H32N2O4. The number of amides is 1. The number of rotatable bonds is 8. The molecular weight excluding hydrogens is 344 g/mol. The Morgan fingerprint density at radius 1 is 1.33 bits per heavy atom. The van der Waals surface area contributed by atoms with Crippen LogP contribution in [0.5, 0.6) is 5.75 Å². The molecule has 6 heteroatoms. The molecule has 1 aromatic rings. The summed E-state index contributed by atoms with van der Waals surface area (Å²) in [6.07, 6.45) is 8.68. The minimum atomic E-state index is -0.478. The van der Waals surface area contributed by atoms with Gasteiger partial charge in [-0.05, 0) is 69.9 Å². The van der Waals surface area contributed by atoms with Crippen molar-refractivity contribution in [3.05, 3.63) is 24.0 Å². The number of carbonyl (C=O) groups is 1. The largest absolute Gasteiger partial charge is 0.490 e. The van der Waals surface area contributed by atoms with Gasteiger partial charge in [-0.3, -0.25) is 4.98 Å². The van der Waals surface area contributed by atoms with Crippen molar-refractivity contribution in [2.24, 2.45) is 5.92 Å². The molecule has 1 saturated carbocycles. The SMILES string of the molecule is CC(C)(C)OC(=O)N1CCC1COc1cncc(C2CC2CCCCO)c1. The first-order valence-electron chi connectivity index (χ1n) is 10.1. The molecule has 150 valence electrons. The second kappa shape index (κ2) is 8.46. The summed E-state index contributed by atoms with van der Waals surface area (Å²) >= 11 is 0. The maximum absolute atomic E-state index is 12.2. The summed E-state index contributed by atoms with van der Waals surface area (Å²) in [5.74, 6) is 2.05. The van der Waals surface area contributed by atoms with Crippen LogP contribution in [0.1, 0.15) is 64.4 Å². The van der Waals surface area contributed by atoms with Gasteiger partial charge < -0.3 is 19.5 Å². The number of ether oxygens (including phenoxy) is 2. The van der Waals surface area contributed by atoms with Crippen LogP contribution in [0.2, 0.25) is 0 Å². The highest BCUT2D eigenvalue weighted by molar-refractivity contribution is 5.69. The number of hydrogen-bond acceptors (Lipinski definition) is 5. The first-order valence-corrected chi connectivity index (χ1v) is 10.1. The van der Waals surface area contributed by atoms with Crippen LogP contribution in [0, 0.1) is 5.92 Å². The molecule has 2 fully saturated rings. The van der Waals surface area contributed by atoms with Gasteiger partial charge in [0.15, 0.2) is 0 Å². The summed E-state index contributed by atoms with van der Waals surface area (Å²) in [7, 11) is 0. The minimum Gasteiger partial charge on any atom is -0.490 e. The van der Waals surface area contributed by atoms with Crippen LogP contribution in [0.3, 0.4) is 0 Å². The number of unbranched alkanes of at least 4 members (excludes halogenated alkanes) is 1. The van der Waals surface area contributed by atoms with Crippen molar-refractivity contribution in [2.45, 2.75) is 70.4 Å². The average molecular weight is 376 g/mol. The molecule has 1 aliphatic carbocycles. The molecule has 1 aromatic heterocycles. The Hall–Kier alpha value is -1.82. The summed E-state index contributed by atoms with van der Waals surface area (Å²) in [5, 5.41) is 8.90. The highest BCUT2D eigenvalue weighted by Gasteiger charge is 2.38. The molecule has 0 radical (unpaired) electrons. The predicted molar refractivity (Wildman–Crippen MR) is 103 cm³/mol. The molecule has 1 N–H and O–H groups in total. The molecule has 0 aromatic carbocycles. The van der Waals surface area contributed by atoms with Crippen molar-refractivity contribution >= 4 is 6.09 Å². The molecule has 3 unspecified atom stereocenters. The molecule has 3 atom stereocenters. The maximum atomic E-state index is 12.2. The average Bonchev–Trinajstić information content (AvgIpc) is 3.32. The van der Waals surface area contributed by atoms with Gasteiger partial charge in [-0.1, -0.05) is 6.42 Å². The third-order valence-corrected chi connectivity index (χ3v) is 5.28. The Morgan fingerprint density at radius 2 is 2.15 bits per heavy atom. The zero-order valence-electron chi connectivity index (χ0n) is 16.7. The summed E-state index contributed by atoms with van der Waals surface area (Å²) in [6, 6.07) is 2.15. The van der Waals surface area contributed by atoms with E-state index in [1.807, 2.05) is 27.0 Å². The monoisotopic (exact) mass is 376 g/mol. The zero-order chi connectivity index (χ0) is 19.4. The molecule has 2 aliphatic rings. The number of aliphatic hydroxyl groups excluding tert-OH is 1. The van der Waals surface area contributed by atoms with Gasteiger partial charge >= 0.3 is 6.09 Å². The summed E-state index contributed by atoms with van der Waals surface area (Å²) in [6.45, 7) is 7.10. The van der Waals surface area contributed by atoms with E-state index in [0.29, 0.717) is 18.4 Å². The summed E-state index contributed by atoms with van der Waals surface area (Å²) in [5.41, 5.74) is 0.757. The van der Waals surface area contributed by atoms with Gasteiger partial charge in [-0.15, -0.1) is 0 Å². The van der Waals surface area contributed by atoms with E-state index in [1.54, 1.807) is 11.1 Å². The fraction of sp³-hybridized carbons (Fsp3) is 0.714. The van der Waals surface area contributed by atoms with Crippen LogP contribution >= 0.6 is 0 Å². The molecule has 27 heavy (non-hydrogen) atoms. The summed E-state index contributed by atoms with van der Waals surface area (Å²) < 4.78 is 11.4. The van der Waals surface area contributed by atoms with E-state index in [-0.39, 0.29) is 18.7 Å². The highest BCUT2D eigenvalue weighted by Crippen LogP contribution is 2.50. The lowest BCUT2D eigenvalue weighted by Crippen LogP contribution is -2.55. The molecule has 6 nitrogen and oxygen atoms in total. The number of aromatic nitrogens is 1. The van der Waals surface area contributed by atoms with E-state index in [9.17, 15) is 4.79 Å². The van der Waals surface area contributed by atoms with Crippen molar-refractivity contribution in [3.63, 3.8) is 0 Å². The van der Waals surface area contributed by atoms with Crippen LogP contribution in [-0.4, -0.2) is 52.5 Å². The normalized spacial score (nSPS) is 24.3. The zero-order valence-corrected chi connectivity index (χ0v) is 16.7. The van der Waals surface area contributed by atoms with Crippen molar-refractivity contribution in [2.75, 3.05) is 19.8 Å². The molecule has 2 heterocycles. The van der Waals surface area contributed by atoms with Crippen molar-refractivity contribution in [1.82, 2.24) is 9.88 Å². The van der Waals surface area contributed by atoms with Gasteiger partial charge in [-0.25, -0.2) is 4.79 Å². The first-order chi connectivity index (χ1) is 12.9. The van der Waals surface area contributed by atoms with Crippen LogP contribution in [-0.2, 0) is 4.74 Å². The highest BCUT2D eigenvalue weighted by atomic mass is 16.6. The van der Waals surface area contributed by atoms with E-state index in [2.05, 4.69) is 11.1 Å². The number of nitrogens with zero attached hydrogens (tertiary/aromatic N) is 2. The smallest absolute Gasteiger partial charge is 0.410 e. The lowest BCUT2D eigenvalue weighted by molar-refractivity contribution is -0.0141. The van der Waals surface area contributed by atoms with Crippen LogP contribution in [0.4, 0.5) is 4.79 Å². The van der Waals surface area contributed by atoms with Crippen LogP contribution in [0.15, 0.2) is 18.5 Å². The van der Waals surface area contributed by atoms with Crippen LogP contribution in [0.25, 0.3) is 0 Å². The topological polar surface area (TPSA) is 71.9 Å². The third-order valence-electron chi connectivity index (χ3n) is 5.28. The predicted octanol–water partition coefficient (Wildman–Crippen LogP) is 3.74. The van der Waals surface area contributed by atoms with Gasteiger partial charge in [0, 0.05) is 19.3 Å². The Morgan fingerprint density at radius 3 is 2.81 bits per heavy atom. The third kappa shape index (κ3) is 5.58. The molecule has 3 rings (SSSR count). The Bertz CT molecular complexity index is 643. The molecule has 1 aliphatic heterocycles. The Labute approximate surface area is 161 Å². The molecule has 0 bridgehead atoms. The number of aliphatic hydroxyl groups is 1. The second-order valence-corrected chi connectivity index (χ2v) is 8.70. The fourth-order valence-corrected chi connectivity index (χ4v) is 3.58. The van der Waals surface area contributed by atoms with Gasteiger partial charge in [0.25, 0.3) is 0 Å². The van der Waals surface area contributed by atoms with E-state index in [1.165, 1.54) is 18.4 Å². The van der Waals surface area contributed by atoms with Crippen molar-refractivity contribution in [1.29, 1.82) is 0 Å².